The third-order valence-electron chi connectivity index (χ3n) is 2.93. The lowest BCUT2D eigenvalue weighted by molar-refractivity contribution is 0.131. The maximum atomic E-state index is 11.8. The minimum atomic E-state index is -2.88. The van der Waals surface area contributed by atoms with Crippen LogP contribution in [-0.4, -0.2) is 30.6 Å². The van der Waals surface area contributed by atoms with Gasteiger partial charge < -0.3 is 5.11 Å². The first-order chi connectivity index (χ1) is 6.56. The second kappa shape index (κ2) is 5.12. The standard InChI is InChI=1S/C10H20O3S/c1-2-3-8-14(12,13)10-6-4-9(11)5-7-10/h9-11H,2-8H2,1H3. The zero-order chi connectivity index (χ0) is 10.6. The van der Waals surface area contributed by atoms with E-state index >= 15 is 0 Å². The Kier molecular flexibility index (Phi) is 4.38. The molecule has 14 heavy (non-hydrogen) atoms. The number of aliphatic hydroxyl groups is 1. The molecule has 1 saturated carbocycles. The molecule has 0 aliphatic heterocycles. The summed E-state index contributed by atoms with van der Waals surface area (Å²) in [7, 11) is -2.88. The van der Waals surface area contributed by atoms with Crippen LogP contribution in [-0.2, 0) is 9.84 Å². The normalized spacial score (nSPS) is 29.0. The highest BCUT2D eigenvalue weighted by molar-refractivity contribution is 7.92. The quantitative estimate of drug-likeness (QED) is 0.781. The van der Waals surface area contributed by atoms with E-state index in [2.05, 4.69) is 0 Å². The molecule has 1 N–H and O–H groups in total. The van der Waals surface area contributed by atoms with E-state index in [4.69, 9.17) is 0 Å². The molecule has 0 radical (unpaired) electrons. The molecule has 1 rings (SSSR count). The van der Waals surface area contributed by atoms with E-state index in [-0.39, 0.29) is 11.4 Å². The lowest BCUT2D eigenvalue weighted by atomic mass is 9.97. The van der Waals surface area contributed by atoms with Crippen molar-refractivity contribution < 1.29 is 13.5 Å². The summed E-state index contributed by atoms with van der Waals surface area (Å²) in [6.45, 7) is 2.00. The van der Waals surface area contributed by atoms with Crippen molar-refractivity contribution in [2.45, 2.75) is 56.8 Å². The number of unbranched alkanes of at least 4 members (excludes halogenated alkanes) is 1. The van der Waals surface area contributed by atoms with Crippen LogP contribution in [0.1, 0.15) is 45.4 Å². The highest BCUT2D eigenvalue weighted by atomic mass is 32.2. The molecule has 0 heterocycles. The summed E-state index contributed by atoms with van der Waals surface area (Å²) >= 11 is 0. The summed E-state index contributed by atoms with van der Waals surface area (Å²) in [4.78, 5) is 0. The van der Waals surface area contributed by atoms with Gasteiger partial charge in [0.15, 0.2) is 9.84 Å². The van der Waals surface area contributed by atoms with Crippen molar-refractivity contribution in [2.75, 3.05) is 5.75 Å². The molecular formula is C10H20O3S. The van der Waals surface area contributed by atoms with E-state index in [1.165, 1.54) is 0 Å². The summed E-state index contributed by atoms with van der Waals surface area (Å²) in [5.74, 6) is 0.324. The third kappa shape index (κ3) is 3.24. The van der Waals surface area contributed by atoms with Crippen molar-refractivity contribution in [3.63, 3.8) is 0 Å². The Hall–Kier alpha value is -0.0900. The predicted octanol–water partition coefficient (Wildman–Crippen LogP) is 1.50. The Labute approximate surface area is 86.4 Å². The molecule has 1 aliphatic rings. The number of hydrogen-bond acceptors (Lipinski definition) is 3. The molecule has 0 aromatic heterocycles. The van der Waals surface area contributed by atoms with Gasteiger partial charge in [-0.1, -0.05) is 13.3 Å². The molecule has 3 nitrogen and oxygen atoms in total. The average Bonchev–Trinajstić information content (AvgIpc) is 2.16. The Balaban J connectivity index is 2.47. The fraction of sp³-hybridized carbons (Fsp3) is 1.00. The van der Waals surface area contributed by atoms with Crippen molar-refractivity contribution in [3.8, 4) is 0 Å². The molecule has 0 saturated heterocycles. The van der Waals surface area contributed by atoms with E-state index < -0.39 is 9.84 Å². The van der Waals surface area contributed by atoms with Gasteiger partial charge >= 0.3 is 0 Å². The van der Waals surface area contributed by atoms with Crippen LogP contribution in [0.2, 0.25) is 0 Å². The fourth-order valence-corrected chi connectivity index (χ4v) is 3.93. The largest absolute Gasteiger partial charge is 0.393 e. The van der Waals surface area contributed by atoms with Crippen LogP contribution in [0.3, 0.4) is 0 Å². The molecule has 1 aliphatic carbocycles. The highest BCUT2D eigenvalue weighted by Crippen LogP contribution is 2.25. The summed E-state index contributed by atoms with van der Waals surface area (Å²) in [5, 5.41) is 9.09. The number of rotatable bonds is 4. The van der Waals surface area contributed by atoms with Crippen molar-refractivity contribution in [1.82, 2.24) is 0 Å². The zero-order valence-electron chi connectivity index (χ0n) is 8.78. The molecule has 0 atom stereocenters. The van der Waals surface area contributed by atoms with Crippen molar-refractivity contribution in [1.29, 1.82) is 0 Å². The minimum absolute atomic E-state index is 0.183. The van der Waals surface area contributed by atoms with E-state index in [9.17, 15) is 13.5 Å². The molecular weight excluding hydrogens is 200 g/mol. The Morgan fingerprint density at radius 2 is 1.79 bits per heavy atom. The lowest BCUT2D eigenvalue weighted by Gasteiger charge is -2.25. The van der Waals surface area contributed by atoms with Gasteiger partial charge in [-0.25, -0.2) is 8.42 Å². The molecule has 0 aromatic carbocycles. The maximum Gasteiger partial charge on any atom is 0.153 e. The number of hydrogen-bond donors (Lipinski definition) is 1. The van der Waals surface area contributed by atoms with Gasteiger partial charge in [0.1, 0.15) is 0 Å². The van der Waals surface area contributed by atoms with E-state index in [0.717, 1.165) is 12.8 Å². The van der Waals surface area contributed by atoms with Gasteiger partial charge in [-0.05, 0) is 32.1 Å². The van der Waals surface area contributed by atoms with E-state index in [1.54, 1.807) is 0 Å². The second-order valence-electron chi connectivity index (χ2n) is 4.15. The molecule has 0 unspecified atom stereocenters. The topological polar surface area (TPSA) is 54.4 Å². The molecule has 4 heteroatoms. The first-order valence-corrected chi connectivity index (χ1v) is 7.17. The smallest absolute Gasteiger partial charge is 0.153 e. The molecule has 1 fully saturated rings. The molecule has 0 amide bonds. The molecule has 84 valence electrons. The van der Waals surface area contributed by atoms with E-state index in [0.29, 0.717) is 31.4 Å². The van der Waals surface area contributed by atoms with E-state index in [1.807, 2.05) is 6.92 Å². The minimum Gasteiger partial charge on any atom is -0.393 e. The Morgan fingerprint density at radius 1 is 1.21 bits per heavy atom. The van der Waals surface area contributed by atoms with Gasteiger partial charge in [0, 0.05) is 0 Å². The SMILES string of the molecule is CCCCS(=O)(=O)C1CCC(O)CC1. The Bertz CT molecular complexity index is 251. The van der Waals surface area contributed by atoms with Gasteiger partial charge in [-0.2, -0.15) is 0 Å². The monoisotopic (exact) mass is 220 g/mol. The van der Waals surface area contributed by atoms with Crippen LogP contribution >= 0.6 is 0 Å². The lowest BCUT2D eigenvalue weighted by Crippen LogP contribution is -2.30. The van der Waals surface area contributed by atoms with Gasteiger partial charge in [0.05, 0.1) is 17.1 Å². The van der Waals surface area contributed by atoms with Gasteiger partial charge in [-0.15, -0.1) is 0 Å². The number of sulfone groups is 1. The van der Waals surface area contributed by atoms with Crippen molar-refractivity contribution in [3.05, 3.63) is 0 Å². The summed E-state index contributed by atoms with van der Waals surface area (Å²) < 4.78 is 23.5. The van der Waals surface area contributed by atoms with Crippen LogP contribution in [0.5, 0.6) is 0 Å². The maximum absolute atomic E-state index is 11.8. The first-order valence-electron chi connectivity index (χ1n) is 5.46. The highest BCUT2D eigenvalue weighted by Gasteiger charge is 2.29. The first kappa shape index (κ1) is 12.0. The summed E-state index contributed by atoms with van der Waals surface area (Å²) in [5.41, 5.74) is 0. The molecule has 0 bridgehead atoms. The fourth-order valence-electron chi connectivity index (χ4n) is 1.92. The van der Waals surface area contributed by atoms with Gasteiger partial charge in [0.2, 0.25) is 0 Å². The van der Waals surface area contributed by atoms with Crippen LogP contribution in [0.25, 0.3) is 0 Å². The van der Waals surface area contributed by atoms with Crippen LogP contribution < -0.4 is 0 Å². The van der Waals surface area contributed by atoms with Crippen molar-refractivity contribution >= 4 is 9.84 Å². The second-order valence-corrected chi connectivity index (χ2v) is 6.55. The van der Waals surface area contributed by atoms with Gasteiger partial charge in [-0.3, -0.25) is 0 Å². The average molecular weight is 220 g/mol. The number of aliphatic hydroxyl groups excluding tert-OH is 1. The third-order valence-corrected chi connectivity index (χ3v) is 5.28. The molecule has 0 aromatic rings. The Morgan fingerprint density at radius 3 is 2.29 bits per heavy atom. The summed E-state index contributed by atoms with van der Waals surface area (Å²) in [6.07, 6.45) is 4.01. The van der Waals surface area contributed by atoms with Crippen LogP contribution in [0.4, 0.5) is 0 Å². The molecule has 0 spiro atoms. The van der Waals surface area contributed by atoms with Gasteiger partial charge in [0.25, 0.3) is 0 Å². The van der Waals surface area contributed by atoms with Crippen molar-refractivity contribution in [2.24, 2.45) is 0 Å². The van der Waals surface area contributed by atoms with Crippen LogP contribution in [0.15, 0.2) is 0 Å². The zero-order valence-corrected chi connectivity index (χ0v) is 9.59. The predicted molar refractivity (Wildman–Crippen MR) is 57.0 cm³/mol. The van der Waals surface area contributed by atoms with Crippen LogP contribution in [0, 0.1) is 0 Å². The summed E-state index contributed by atoms with van der Waals surface area (Å²) in [6, 6.07) is 0.